The molecule has 0 saturated carbocycles. The molecular formula is C27H35N3O2. The van der Waals surface area contributed by atoms with Crippen LogP contribution in [0, 0.1) is 5.92 Å². The minimum atomic E-state index is -0.444. The number of hydrogen-bond acceptors (Lipinski definition) is 3. The van der Waals surface area contributed by atoms with Gasteiger partial charge in [-0.3, -0.25) is 9.59 Å². The van der Waals surface area contributed by atoms with E-state index in [1.165, 1.54) is 6.42 Å². The van der Waals surface area contributed by atoms with Gasteiger partial charge in [0.25, 0.3) is 5.91 Å². The zero-order chi connectivity index (χ0) is 23.1. The van der Waals surface area contributed by atoms with E-state index < -0.39 is 5.91 Å². The van der Waals surface area contributed by atoms with Crippen LogP contribution in [0.15, 0.2) is 55.1 Å². The molecule has 2 aromatic rings. The minimum Gasteiger partial charge on any atom is -0.366 e. The summed E-state index contributed by atoms with van der Waals surface area (Å²) in [6, 6.07) is 15.0. The number of carbonyl (C=O) groups is 2. The van der Waals surface area contributed by atoms with Gasteiger partial charge in [-0.05, 0) is 67.1 Å². The molecule has 170 valence electrons. The van der Waals surface area contributed by atoms with Crippen molar-refractivity contribution in [2.24, 2.45) is 11.7 Å². The summed E-state index contributed by atoms with van der Waals surface area (Å²) in [7, 11) is 0. The fraction of sp³-hybridized carbons (Fsp3) is 0.407. The van der Waals surface area contributed by atoms with Gasteiger partial charge in [0, 0.05) is 36.8 Å². The molecule has 2 amide bonds. The number of nitrogens with zero attached hydrogens (tertiary/aromatic N) is 2. The minimum absolute atomic E-state index is 0.0419. The van der Waals surface area contributed by atoms with Gasteiger partial charge in [0.05, 0.1) is 0 Å². The number of carbonyl (C=O) groups excluding carboxylic acids is 2. The molecule has 2 N–H and O–H groups in total. The average molecular weight is 434 g/mol. The zero-order valence-corrected chi connectivity index (χ0v) is 19.3. The Morgan fingerprint density at radius 1 is 1.06 bits per heavy atom. The van der Waals surface area contributed by atoms with Gasteiger partial charge in [-0.2, -0.15) is 0 Å². The second kappa shape index (κ2) is 11.1. The van der Waals surface area contributed by atoms with Gasteiger partial charge >= 0.3 is 0 Å². The third-order valence-corrected chi connectivity index (χ3v) is 6.27. The molecule has 0 aromatic heterocycles. The lowest BCUT2D eigenvalue weighted by Crippen LogP contribution is -2.47. The van der Waals surface area contributed by atoms with Crippen LogP contribution < -0.4 is 5.73 Å². The number of benzene rings is 2. The molecule has 0 atom stereocenters. The first kappa shape index (κ1) is 23.7. The first-order chi connectivity index (χ1) is 15.4. The Hall–Kier alpha value is -2.92. The van der Waals surface area contributed by atoms with Gasteiger partial charge in [-0.15, -0.1) is 0 Å². The predicted octanol–water partition coefficient (Wildman–Crippen LogP) is 4.58. The maximum atomic E-state index is 13.5. The van der Waals surface area contributed by atoms with E-state index in [0.717, 1.165) is 43.6 Å². The van der Waals surface area contributed by atoms with Crippen LogP contribution in [-0.2, 0) is 6.54 Å². The van der Waals surface area contributed by atoms with E-state index in [0.29, 0.717) is 23.6 Å². The van der Waals surface area contributed by atoms with Crippen molar-refractivity contribution in [3.05, 3.63) is 77.4 Å². The topological polar surface area (TPSA) is 66.6 Å². The van der Waals surface area contributed by atoms with Gasteiger partial charge in [0.1, 0.15) is 0 Å². The van der Waals surface area contributed by atoms with E-state index in [4.69, 9.17) is 5.73 Å². The molecule has 0 unspecified atom stereocenters. The number of nitrogens with two attached hydrogens (primary N) is 1. The largest absolute Gasteiger partial charge is 0.366 e. The van der Waals surface area contributed by atoms with Gasteiger partial charge in [0.2, 0.25) is 5.91 Å². The zero-order valence-electron chi connectivity index (χ0n) is 19.3. The number of likely N-dealkylation sites (tertiary alicyclic amines) is 1. The summed E-state index contributed by atoms with van der Waals surface area (Å²) in [5, 5.41) is 0. The fourth-order valence-corrected chi connectivity index (χ4v) is 4.16. The van der Waals surface area contributed by atoms with Crippen molar-refractivity contribution in [2.45, 2.75) is 45.7 Å². The number of hydrogen-bond donors (Lipinski definition) is 1. The number of rotatable bonds is 9. The first-order valence-electron chi connectivity index (χ1n) is 11.5. The molecule has 1 saturated heterocycles. The van der Waals surface area contributed by atoms with E-state index in [2.05, 4.69) is 25.3 Å². The third-order valence-electron chi connectivity index (χ3n) is 6.27. The lowest BCUT2D eigenvalue weighted by Gasteiger charge is -2.39. The Morgan fingerprint density at radius 2 is 1.66 bits per heavy atom. The Balaban J connectivity index is 1.76. The fourth-order valence-electron chi connectivity index (χ4n) is 4.16. The highest BCUT2D eigenvalue weighted by molar-refractivity contribution is 5.95. The van der Waals surface area contributed by atoms with E-state index in [1.54, 1.807) is 18.2 Å². The molecule has 0 bridgehead atoms. The van der Waals surface area contributed by atoms with Crippen molar-refractivity contribution in [1.82, 2.24) is 9.80 Å². The van der Waals surface area contributed by atoms with Crippen LogP contribution in [0.25, 0.3) is 6.08 Å². The van der Waals surface area contributed by atoms with Crippen LogP contribution in [0.4, 0.5) is 0 Å². The van der Waals surface area contributed by atoms with Crippen molar-refractivity contribution in [1.29, 1.82) is 0 Å². The number of amides is 2. The molecular weight excluding hydrogens is 398 g/mol. The Bertz CT molecular complexity index is 911. The predicted molar refractivity (Wildman–Crippen MR) is 130 cm³/mol. The molecule has 1 heterocycles. The third kappa shape index (κ3) is 6.30. The van der Waals surface area contributed by atoms with Crippen molar-refractivity contribution < 1.29 is 9.59 Å². The van der Waals surface area contributed by atoms with Gasteiger partial charge < -0.3 is 15.5 Å². The second-order valence-electron chi connectivity index (χ2n) is 9.08. The summed E-state index contributed by atoms with van der Waals surface area (Å²) in [5.74, 6) is 0.300. The van der Waals surface area contributed by atoms with E-state index >= 15 is 0 Å². The molecule has 5 nitrogen and oxygen atoms in total. The highest BCUT2D eigenvalue weighted by atomic mass is 16.2. The number of piperidine rings is 1. The van der Waals surface area contributed by atoms with Crippen LogP contribution in [0.1, 0.15) is 65.0 Å². The lowest BCUT2D eigenvalue weighted by atomic mass is 9.99. The highest BCUT2D eigenvalue weighted by Crippen LogP contribution is 2.23. The normalized spacial score (nSPS) is 15.0. The summed E-state index contributed by atoms with van der Waals surface area (Å²) >= 11 is 0. The second-order valence-corrected chi connectivity index (χ2v) is 9.08. The summed E-state index contributed by atoms with van der Waals surface area (Å²) in [6.45, 7) is 12.0. The maximum absolute atomic E-state index is 13.5. The highest BCUT2D eigenvalue weighted by Gasteiger charge is 2.28. The van der Waals surface area contributed by atoms with Gasteiger partial charge in [-0.25, -0.2) is 0 Å². The van der Waals surface area contributed by atoms with Crippen LogP contribution in [-0.4, -0.2) is 47.3 Å². The van der Waals surface area contributed by atoms with E-state index in [1.807, 2.05) is 41.3 Å². The van der Waals surface area contributed by atoms with Gasteiger partial charge in [-0.1, -0.05) is 50.8 Å². The van der Waals surface area contributed by atoms with Crippen molar-refractivity contribution in [3.63, 3.8) is 0 Å². The molecule has 5 heteroatoms. The summed E-state index contributed by atoms with van der Waals surface area (Å²) in [5.41, 5.74) is 8.52. The number of primary amides is 1. The van der Waals surface area contributed by atoms with Gasteiger partial charge in [0.15, 0.2) is 0 Å². The molecule has 2 aromatic carbocycles. The molecule has 1 fully saturated rings. The van der Waals surface area contributed by atoms with E-state index in [-0.39, 0.29) is 11.9 Å². The lowest BCUT2D eigenvalue weighted by molar-refractivity contribution is 0.0546. The van der Waals surface area contributed by atoms with Crippen molar-refractivity contribution >= 4 is 17.9 Å². The average Bonchev–Trinajstić information content (AvgIpc) is 2.81. The monoisotopic (exact) mass is 433 g/mol. The maximum Gasteiger partial charge on any atom is 0.254 e. The van der Waals surface area contributed by atoms with E-state index in [9.17, 15) is 9.59 Å². The molecule has 0 aliphatic carbocycles. The molecule has 0 spiro atoms. The van der Waals surface area contributed by atoms with Crippen LogP contribution >= 0.6 is 0 Å². The van der Waals surface area contributed by atoms with Crippen molar-refractivity contribution in [2.75, 3.05) is 19.6 Å². The van der Waals surface area contributed by atoms with Crippen molar-refractivity contribution in [3.8, 4) is 0 Å². The SMILES string of the molecule is C=Cc1ccc(C(=O)N(Cc2ccc(C(N)=O)cc2)C2CCN(CCC(C)C)CC2)cc1. The summed E-state index contributed by atoms with van der Waals surface area (Å²) in [4.78, 5) is 29.4. The standard InChI is InChI=1S/C27H35N3O2/c1-4-21-5-11-24(12-6-21)27(32)30(19-22-7-9-23(10-8-22)26(28)31)25-14-17-29(18-15-25)16-13-20(2)3/h4-12,20,25H,1,13-19H2,2-3H3,(H2,28,31). The summed E-state index contributed by atoms with van der Waals surface area (Å²) in [6.07, 6.45) is 4.91. The Kier molecular flexibility index (Phi) is 8.23. The summed E-state index contributed by atoms with van der Waals surface area (Å²) < 4.78 is 0. The molecule has 1 aliphatic heterocycles. The first-order valence-corrected chi connectivity index (χ1v) is 11.5. The molecule has 3 rings (SSSR count). The van der Waals surface area contributed by atoms with Crippen LogP contribution in [0.3, 0.4) is 0 Å². The van der Waals surface area contributed by atoms with Crippen LogP contribution in [0.2, 0.25) is 0 Å². The quantitative estimate of drug-likeness (QED) is 0.629. The molecule has 1 aliphatic rings. The smallest absolute Gasteiger partial charge is 0.254 e. The van der Waals surface area contributed by atoms with Crippen LogP contribution in [0.5, 0.6) is 0 Å². The Morgan fingerprint density at radius 3 is 2.19 bits per heavy atom. The molecule has 32 heavy (non-hydrogen) atoms. The Labute approximate surface area is 191 Å². The molecule has 0 radical (unpaired) electrons.